The Labute approximate surface area is 138 Å². The fraction of sp³-hybridized carbons (Fsp3) is 0.389. The molecule has 124 valence electrons. The summed E-state index contributed by atoms with van der Waals surface area (Å²) in [6.07, 6.45) is 4.32. The molecule has 6 heteroatoms. The molecule has 1 saturated carbocycles. The minimum Gasteiger partial charge on any atom is -0.480 e. The van der Waals surface area contributed by atoms with Crippen LogP contribution < -0.4 is 0 Å². The molecule has 2 heterocycles. The smallest absolute Gasteiger partial charge is 0.326 e. The first-order valence-electron chi connectivity index (χ1n) is 8.14. The first-order chi connectivity index (χ1) is 11.6. The van der Waals surface area contributed by atoms with Crippen molar-refractivity contribution in [3.05, 3.63) is 41.8 Å². The number of pyridine rings is 1. The van der Waals surface area contributed by atoms with Crippen molar-refractivity contribution < 1.29 is 19.1 Å². The van der Waals surface area contributed by atoms with Gasteiger partial charge in [-0.05, 0) is 42.9 Å². The van der Waals surface area contributed by atoms with Crippen molar-refractivity contribution in [1.82, 2.24) is 9.88 Å². The van der Waals surface area contributed by atoms with Crippen LogP contribution in [0.2, 0.25) is 0 Å². The highest BCUT2D eigenvalue weighted by Crippen LogP contribution is 2.43. The number of nitrogens with zero attached hydrogens (tertiary/aromatic N) is 2. The molecule has 5 nitrogen and oxygen atoms in total. The van der Waals surface area contributed by atoms with Gasteiger partial charge >= 0.3 is 5.97 Å². The quantitative estimate of drug-likeness (QED) is 0.920. The van der Waals surface area contributed by atoms with Crippen molar-refractivity contribution in [2.24, 2.45) is 11.8 Å². The summed E-state index contributed by atoms with van der Waals surface area (Å²) in [7, 11) is 0. The fourth-order valence-electron chi connectivity index (χ4n) is 4.30. The van der Waals surface area contributed by atoms with Crippen LogP contribution in [0.4, 0.5) is 4.39 Å². The van der Waals surface area contributed by atoms with E-state index in [9.17, 15) is 19.1 Å². The second-order valence-electron chi connectivity index (χ2n) is 6.62. The summed E-state index contributed by atoms with van der Waals surface area (Å²) in [5, 5.41) is 10.1. The van der Waals surface area contributed by atoms with Crippen molar-refractivity contribution in [3.63, 3.8) is 0 Å². The van der Waals surface area contributed by atoms with Crippen molar-refractivity contribution >= 4 is 22.8 Å². The van der Waals surface area contributed by atoms with Gasteiger partial charge in [0, 0.05) is 18.1 Å². The average Bonchev–Trinajstić information content (AvgIpc) is 3.13. The number of halogens is 1. The summed E-state index contributed by atoms with van der Waals surface area (Å²) in [6.45, 7) is 0.422. The molecule has 1 aliphatic heterocycles. The van der Waals surface area contributed by atoms with Crippen LogP contribution in [0, 0.1) is 17.7 Å². The lowest BCUT2D eigenvalue weighted by molar-refractivity contribution is -0.142. The third-order valence-electron chi connectivity index (χ3n) is 5.30. The van der Waals surface area contributed by atoms with Crippen LogP contribution in [0.5, 0.6) is 0 Å². The second kappa shape index (κ2) is 5.54. The molecule has 2 fully saturated rings. The molecule has 1 N–H and O–H groups in total. The van der Waals surface area contributed by atoms with Gasteiger partial charge in [0.05, 0.1) is 11.1 Å². The molecule has 2 aliphatic rings. The number of amides is 1. The molecule has 0 bridgehead atoms. The molecular weight excluding hydrogens is 311 g/mol. The molecule has 0 spiro atoms. The van der Waals surface area contributed by atoms with Crippen LogP contribution in [0.25, 0.3) is 10.9 Å². The number of aromatic nitrogens is 1. The highest BCUT2D eigenvalue weighted by molar-refractivity contribution is 6.06. The Hall–Kier alpha value is -2.50. The molecule has 3 atom stereocenters. The van der Waals surface area contributed by atoms with E-state index in [-0.39, 0.29) is 17.4 Å². The Kier molecular flexibility index (Phi) is 3.48. The monoisotopic (exact) mass is 328 g/mol. The molecule has 3 unspecified atom stereocenters. The van der Waals surface area contributed by atoms with Gasteiger partial charge in [0.1, 0.15) is 11.9 Å². The number of benzene rings is 1. The van der Waals surface area contributed by atoms with E-state index >= 15 is 0 Å². The van der Waals surface area contributed by atoms with Gasteiger partial charge in [0.15, 0.2) is 0 Å². The zero-order valence-corrected chi connectivity index (χ0v) is 13.0. The van der Waals surface area contributed by atoms with Crippen LogP contribution in [0.1, 0.15) is 29.6 Å². The van der Waals surface area contributed by atoms with Crippen LogP contribution in [-0.4, -0.2) is 39.5 Å². The summed E-state index contributed by atoms with van der Waals surface area (Å²) < 4.78 is 13.9. The fourth-order valence-corrected chi connectivity index (χ4v) is 4.30. The standard InChI is InChI=1S/C18H17FN2O3/c19-12-7-10-4-2-6-20-15(10)14(8-12)17(22)21-9-11-3-1-5-13(11)16(21)18(23)24/h2,4,6-8,11,13,16H,1,3,5,9H2,(H,23,24). The first-order valence-corrected chi connectivity index (χ1v) is 8.14. The van der Waals surface area contributed by atoms with E-state index in [0.717, 1.165) is 25.3 Å². The van der Waals surface area contributed by atoms with Gasteiger partial charge in [-0.25, -0.2) is 9.18 Å². The van der Waals surface area contributed by atoms with E-state index in [2.05, 4.69) is 4.98 Å². The number of hydrogen-bond acceptors (Lipinski definition) is 3. The minimum absolute atomic E-state index is 0.000711. The van der Waals surface area contributed by atoms with Gasteiger partial charge in [-0.2, -0.15) is 0 Å². The largest absolute Gasteiger partial charge is 0.480 e. The van der Waals surface area contributed by atoms with Crippen LogP contribution >= 0.6 is 0 Å². The Morgan fingerprint density at radius 1 is 1.29 bits per heavy atom. The Balaban J connectivity index is 1.77. The van der Waals surface area contributed by atoms with E-state index in [1.54, 1.807) is 18.3 Å². The van der Waals surface area contributed by atoms with Gasteiger partial charge in [0.25, 0.3) is 5.91 Å². The van der Waals surface area contributed by atoms with E-state index in [0.29, 0.717) is 17.4 Å². The predicted molar refractivity (Wildman–Crippen MR) is 85.0 cm³/mol. The number of aliphatic carboxylic acids is 1. The Bertz CT molecular complexity index is 838. The Morgan fingerprint density at radius 2 is 2.12 bits per heavy atom. The molecule has 1 saturated heterocycles. The molecule has 1 aromatic carbocycles. The number of carbonyl (C=O) groups excluding carboxylic acids is 1. The summed E-state index contributed by atoms with van der Waals surface area (Å²) >= 11 is 0. The van der Waals surface area contributed by atoms with Crippen molar-refractivity contribution in [1.29, 1.82) is 0 Å². The third kappa shape index (κ3) is 2.25. The summed E-state index contributed by atoms with van der Waals surface area (Å²) in [5.74, 6) is -1.72. The molecule has 0 radical (unpaired) electrons. The summed E-state index contributed by atoms with van der Waals surface area (Å²) in [6, 6.07) is 5.02. The van der Waals surface area contributed by atoms with Crippen LogP contribution in [0.3, 0.4) is 0 Å². The number of hydrogen-bond donors (Lipinski definition) is 1. The van der Waals surface area contributed by atoms with Crippen molar-refractivity contribution in [2.45, 2.75) is 25.3 Å². The lowest BCUT2D eigenvalue weighted by Gasteiger charge is -2.24. The number of rotatable bonds is 2. The van der Waals surface area contributed by atoms with E-state index < -0.39 is 23.7 Å². The number of fused-ring (bicyclic) bond motifs is 2. The number of carbonyl (C=O) groups is 2. The van der Waals surface area contributed by atoms with Gasteiger partial charge in [-0.1, -0.05) is 12.5 Å². The number of likely N-dealkylation sites (tertiary alicyclic amines) is 1. The molecule has 1 aliphatic carbocycles. The summed E-state index contributed by atoms with van der Waals surface area (Å²) in [4.78, 5) is 30.4. The maximum atomic E-state index is 13.9. The van der Waals surface area contributed by atoms with Gasteiger partial charge < -0.3 is 10.0 Å². The highest BCUT2D eigenvalue weighted by Gasteiger charge is 2.49. The molecule has 4 rings (SSSR count). The third-order valence-corrected chi connectivity index (χ3v) is 5.30. The normalized spacial score (nSPS) is 25.9. The number of carboxylic acids is 1. The molecule has 2 aromatic rings. The Morgan fingerprint density at radius 3 is 2.92 bits per heavy atom. The SMILES string of the molecule is O=C(O)C1C2CCCC2CN1C(=O)c1cc(F)cc2cccnc12. The number of carboxylic acid groups (broad SMARTS) is 1. The van der Waals surface area contributed by atoms with E-state index in [1.807, 2.05) is 0 Å². The first kappa shape index (κ1) is 15.1. The van der Waals surface area contributed by atoms with Crippen LogP contribution in [0.15, 0.2) is 30.5 Å². The zero-order chi connectivity index (χ0) is 16.8. The van der Waals surface area contributed by atoms with E-state index in [4.69, 9.17) is 0 Å². The maximum absolute atomic E-state index is 13.9. The van der Waals surface area contributed by atoms with Gasteiger partial charge in [-0.3, -0.25) is 9.78 Å². The molecular formula is C18H17FN2O3. The molecule has 1 amide bonds. The van der Waals surface area contributed by atoms with E-state index in [1.165, 1.54) is 11.0 Å². The average molecular weight is 328 g/mol. The maximum Gasteiger partial charge on any atom is 0.326 e. The highest BCUT2D eigenvalue weighted by atomic mass is 19.1. The topological polar surface area (TPSA) is 70.5 Å². The van der Waals surface area contributed by atoms with Gasteiger partial charge in [0.2, 0.25) is 0 Å². The minimum atomic E-state index is -0.980. The predicted octanol–water partition coefficient (Wildman–Crippen LogP) is 2.70. The second-order valence-corrected chi connectivity index (χ2v) is 6.62. The molecule has 1 aromatic heterocycles. The van der Waals surface area contributed by atoms with Gasteiger partial charge in [-0.15, -0.1) is 0 Å². The lowest BCUT2D eigenvalue weighted by Crippen LogP contribution is -2.43. The lowest BCUT2D eigenvalue weighted by atomic mass is 9.94. The van der Waals surface area contributed by atoms with Crippen molar-refractivity contribution in [2.75, 3.05) is 6.54 Å². The van der Waals surface area contributed by atoms with Crippen LogP contribution in [-0.2, 0) is 4.79 Å². The zero-order valence-electron chi connectivity index (χ0n) is 13.0. The summed E-state index contributed by atoms with van der Waals surface area (Å²) in [5.41, 5.74) is 0.543. The molecule has 24 heavy (non-hydrogen) atoms. The van der Waals surface area contributed by atoms with Crippen molar-refractivity contribution in [3.8, 4) is 0 Å².